The first-order chi connectivity index (χ1) is 11.4. The summed E-state index contributed by atoms with van der Waals surface area (Å²) < 4.78 is 5.09. The van der Waals surface area contributed by atoms with Gasteiger partial charge in [0.15, 0.2) is 0 Å². The van der Waals surface area contributed by atoms with Crippen LogP contribution in [0.2, 0.25) is 0 Å². The maximum absolute atomic E-state index is 12.2. The summed E-state index contributed by atoms with van der Waals surface area (Å²) >= 11 is 0. The van der Waals surface area contributed by atoms with Gasteiger partial charge < -0.3 is 14.9 Å². The van der Waals surface area contributed by atoms with Crippen molar-refractivity contribution in [2.45, 2.75) is 33.6 Å². The summed E-state index contributed by atoms with van der Waals surface area (Å²) in [6.45, 7) is 5.64. The predicted octanol–water partition coefficient (Wildman–Crippen LogP) is 3.27. The zero-order valence-corrected chi connectivity index (χ0v) is 14.1. The van der Waals surface area contributed by atoms with Crippen molar-refractivity contribution in [1.82, 2.24) is 10.5 Å². The molecule has 6 nitrogen and oxygen atoms in total. The minimum atomic E-state index is -0.963. The number of amides is 1. The van der Waals surface area contributed by atoms with Crippen molar-refractivity contribution >= 4 is 11.9 Å². The third-order valence-corrected chi connectivity index (χ3v) is 4.48. The maximum Gasteiger partial charge on any atom is 0.311 e. The molecule has 1 amide bonds. The molecular weight excluding hydrogens is 308 g/mol. The van der Waals surface area contributed by atoms with Gasteiger partial charge in [-0.25, -0.2) is 0 Å². The number of hydrogen-bond acceptors (Lipinski definition) is 4. The van der Waals surface area contributed by atoms with Gasteiger partial charge in [0, 0.05) is 18.2 Å². The van der Waals surface area contributed by atoms with Crippen LogP contribution in [0.4, 0.5) is 0 Å². The van der Waals surface area contributed by atoms with E-state index in [0.717, 1.165) is 11.1 Å². The van der Waals surface area contributed by atoms with E-state index >= 15 is 0 Å². The first-order valence-electron chi connectivity index (χ1n) is 7.97. The van der Waals surface area contributed by atoms with Gasteiger partial charge in [-0.05, 0) is 19.8 Å². The fraction of sp³-hybridized carbons (Fsp3) is 0.389. The molecule has 0 aliphatic rings. The van der Waals surface area contributed by atoms with E-state index in [1.807, 2.05) is 31.2 Å². The van der Waals surface area contributed by atoms with Crippen LogP contribution in [0.25, 0.3) is 11.3 Å². The Bertz CT molecular complexity index is 715. The molecule has 6 heteroatoms. The van der Waals surface area contributed by atoms with Crippen molar-refractivity contribution in [3.8, 4) is 11.3 Å². The van der Waals surface area contributed by atoms with E-state index in [-0.39, 0.29) is 12.3 Å². The second kappa shape index (κ2) is 7.29. The SMILES string of the molecule is CCC(CC)(CNC(=O)c1cc(-c2ccc(C)cc2)no1)C(=O)O. The van der Waals surface area contributed by atoms with E-state index < -0.39 is 17.3 Å². The number of carboxylic acid groups (broad SMARTS) is 1. The minimum absolute atomic E-state index is 0.0503. The summed E-state index contributed by atoms with van der Waals surface area (Å²) in [5.41, 5.74) is 1.58. The van der Waals surface area contributed by atoms with E-state index in [9.17, 15) is 14.7 Å². The average Bonchev–Trinajstić information content (AvgIpc) is 3.06. The molecule has 0 radical (unpaired) electrons. The van der Waals surface area contributed by atoms with Gasteiger partial charge in [0.2, 0.25) is 5.76 Å². The number of aryl methyl sites for hydroxylation is 1. The Morgan fingerprint density at radius 1 is 1.21 bits per heavy atom. The standard InChI is InChI=1S/C18H22N2O4/c1-4-18(5-2,17(22)23)11-19-16(21)15-10-14(20-24-15)13-8-6-12(3)7-9-13/h6-10H,4-5,11H2,1-3H3,(H,19,21)(H,22,23). The molecule has 0 spiro atoms. The Balaban J connectivity index is 2.08. The van der Waals surface area contributed by atoms with Gasteiger partial charge in [0.1, 0.15) is 5.69 Å². The molecule has 2 aromatic rings. The normalized spacial score (nSPS) is 11.3. The number of nitrogens with one attached hydrogen (secondary N) is 1. The summed E-state index contributed by atoms with van der Waals surface area (Å²) in [5, 5.41) is 15.9. The minimum Gasteiger partial charge on any atom is -0.481 e. The second-order valence-corrected chi connectivity index (χ2v) is 5.92. The van der Waals surface area contributed by atoms with Crippen molar-refractivity contribution in [1.29, 1.82) is 0 Å². The zero-order valence-electron chi connectivity index (χ0n) is 14.1. The number of aromatic nitrogens is 1. The Morgan fingerprint density at radius 3 is 2.38 bits per heavy atom. The first kappa shape index (κ1) is 17.7. The van der Waals surface area contributed by atoms with Crippen LogP contribution in [-0.2, 0) is 4.79 Å². The fourth-order valence-electron chi connectivity index (χ4n) is 2.46. The highest BCUT2D eigenvalue weighted by Gasteiger charge is 2.35. The van der Waals surface area contributed by atoms with Crippen LogP contribution in [-0.4, -0.2) is 28.7 Å². The number of hydrogen-bond donors (Lipinski definition) is 2. The molecule has 2 N–H and O–H groups in total. The maximum atomic E-state index is 12.2. The van der Waals surface area contributed by atoms with Crippen LogP contribution in [0.15, 0.2) is 34.9 Å². The zero-order chi connectivity index (χ0) is 17.7. The Kier molecular flexibility index (Phi) is 5.39. The van der Waals surface area contributed by atoms with Crippen LogP contribution < -0.4 is 5.32 Å². The molecule has 1 heterocycles. The van der Waals surface area contributed by atoms with E-state index in [0.29, 0.717) is 18.5 Å². The quantitative estimate of drug-likeness (QED) is 0.813. The lowest BCUT2D eigenvalue weighted by Gasteiger charge is -2.26. The van der Waals surface area contributed by atoms with Crippen molar-refractivity contribution in [2.75, 3.05) is 6.54 Å². The fourth-order valence-corrected chi connectivity index (χ4v) is 2.46. The number of carbonyl (C=O) groups is 2. The molecule has 0 saturated heterocycles. The van der Waals surface area contributed by atoms with E-state index in [1.54, 1.807) is 19.9 Å². The molecule has 0 saturated carbocycles. The predicted molar refractivity (Wildman–Crippen MR) is 89.7 cm³/mol. The lowest BCUT2D eigenvalue weighted by Crippen LogP contribution is -2.42. The van der Waals surface area contributed by atoms with Crippen molar-refractivity contribution in [3.05, 3.63) is 41.7 Å². The Hall–Kier alpha value is -2.63. The van der Waals surface area contributed by atoms with Crippen molar-refractivity contribution in [3.63, 3.8) is 0 Å². The van der Waals surface area contributed by atoms with Crippen LogP contribution in [0, 0.1) is 12.3 Å². The molecule has 0 bridgehead atoms. The number of aliphatic carboxylic acids is 1. The monoisotopic (exact) mass is 330 g/mol. The van der Waals surface area contributed by atoms with Gasteiger partial charge in [-0.3, -0.25) is 9.59 Å². The summed E-state index contributed by atoms with van der Waals surface area (Å²) in [4.78, 5) is 23.7. The summed E-state index contributed by atoms with van der Waals surface area (Å²) in [6, 6.07) is 9.26. The highest BCUT2D eigenvalue weighted by Crippen LogP contribution is 2.26. The molecule has 128 valence electrons. The third-order valence-electron chi connectivity index (χ3n) is 4.48. The summed E-state index contributed by atoms with van der Waals surface area (Å²) in [6.07, 6.45) is 0.869. The van der Waals surface area contributed by atoms with Crippen molar-refractivity contribution < 1.29 is 19.2 Å². The molecular formula is C18H22N2O4. The van der Waals surface area contributed by atoms with Gasteiger partial charge in [0.05, 0.1) is 5.41 Å². The molecule has 2 rings (SSSR count). The molecule has 0 fully saturated rings. The Labute approximate surface area is 140 Å². The third kappa shape index (κ3) is 3.64. The molecule has 0 unspecified atom stereocenters. The number of nitrogens with zero attached hydrogens (tertiary/aromatic N) is 1. The molecule has 0 atom stereocenters. The van der Waals surface area contributed by atoms with Crippen LogP contribution >= 0.6 is 0 Å². The topological polar surface area (TPSA) is 92.4 Å². The van der Waals surface area contributed by atoms with E-state index in [2.05, 4.69) is 10.5 Å². The second-order valence-electron chi connectivity index (χ2n) is 5.92. The number of benzene rings is 1. The smallest absolute Gasteiger partial charge is 0.311 e. The van der Waals surface area contributed by atoms with Crippen LogP contribution in [0.1, 0.15) is 42.8 Å². The van der Waals surface area contributed by atoms with Gasteiger partial charge >= 0.3 is 5.97 Å². The lowest BCUT2D eigenvalue weighted by molar-refractivity contribution is -0.149. The van der Waals surface area contributed by atoms with E-state index in [4.69, 9.17) is 4.52 Å². The van der Waals surface area contributed by atoms with Gasteiger partial charge in [0.25, 0.3) is 5.91 Å². The molecule has 1 aromatic heterocycles. The summed E-state index contributed by atoms with van der Waals surface area (Å²) in [7, 11) is 0. The molecule has 1 aromatic carbocycles. The number of rotatable bonds is 7. The highest BCUT2D eigenvalue weighted by atomic mass is 16.5. The first-order valence-corrected chi connectivity index (χ1v) is 7.97. The average molecular weight is 330 g/mol. The van der Waals surface area contributed by atoms with Crippen LogP contribution in [0.5, 0.6) is 0 Å². The van der Waals surface area contributed by atoms with Crippen molar-refractivity contribution in [2.24, 2.45) is 5.41 Å². The molecule has 0 aliphatic carbocycles. The largest absolute Gasteiger partial charge is 0.481 e. The Morgan fingerprint density at radius 2 is 1.83 bits per heavy atom. The number of carboxylic acids is 1. The lowest BCUT2D eigenvalue weighted by atomic mass is 9.82. The molecule has 24 heavy (non-hydrogen) atoms. The van der Waals surface area contributed by atoms with E-state index in [1.165, 1.54) is 0 Å². The highest BCUT2D eigenvalue weighted by molar-refractivity contribution is 5.92. The van der Waals surface area contributed by atoms with Gasteiger partial charge in [-0.15, -0.1) is 0 Å². The van der Waals surface area contributed by atoms with Crippen LogP contribution in [0.3, 0.4) is 0 Å². The molecule has 0 aliphatic heterocycles. The summed E-state index contributed by atoms with van der Waals surface area (Å²) in [5.74, 6) is -1.31. The van der Waals surface area contributed by atoms with Gasteiger partial charge in [-0.1, -0.05) is 48.8 Å². The number of carbonyl (C=O) groups excluding carboxylic acids is 1. The van der Waals surface area contributed by atoms with Gasteiger partial charge in [-0.2, -0.15) is 0 Å².